The van der Waals surface area contributed by atoms with E-state index < -0.39 is 6.10 Å². The van der Waals surface area contributed by atoms with Crippen molar-refractivity contribution in [2.45, 2.75) is 42.6 Å². The van der Waals surface area contributed by atoms with E-state index in [0.717, 1.165) is 18.6 Å². The van der Waals surface area contributed by atoms with Gasteiger partial charge in [-0.2, -0.15) is 0 Å². The predicted molar refractivity (Wildman–Crippen MR) is 66.8 cm³/mol. The number of aliphatic hydroxyl groups excluding tert-OH is 1. The third-order valence-electron chi connectivity index (χ3n) is 2.95. The molecule has 1 aromatic rings. The molecule has 88 valence electrons. The summed E-state index contributed by atoms with van der Waals surface area (Å²) in [5, 5.41) is 10.2. The van der Waals surface area contributed by atoms with Crippen molar-refractivity contribution in [2.75, 3.05) is 6.61 Å². The molecule has 1 saturated heterocycles. The maximum absolute atomic E-state index is 9.70. The van der Waals surface area contributed by atoms with Crippen LogP contribution in [0.5, 0.6) is 0 Å². The Hall–Kier alpha value is -0.510. The lowest BCUT2D eigenvalue weighted by molar-refractivity contribution is 0.127. The number of ether oxygens (including phenoxy) is 1. The minimum Gasteiger partial charge on any atom is -0.389 e. The van der Waals surface area contributed by atoms with Gasteiger partial charge in [0.05, 0.1) is 12.2 Å². The van der Waals surface area contributed by atoms with Crippen LogP contribution in [0.2, 0.25) is 0 Å². The van der Waals surface area contributed by atoms with Gasteiger partial charge in [-0.25, -0.2) is 0 Å². The smallest absolute Gasteiger partial charge is 0.0772 e. The Morgan fingerprint density at radius 3 is 2.81 bits per heavy atom. The van der Waals surface area contributed by atoms with E-state index >= 15 is 0 Å². The highest BCUT2D eigenvalue weighted by Crippen LogP contribution is 2.36. The number of rotatable bonds is 3. The molecule has 1 N–H and O–H groups in total. The second-order valence-electron chi connectivity index (χ2n) is 4.23. The summed E-state index contributed by atoms with van der Waals surface area (Å²) >= 11 is 1.83. The summed E-state index contributed by atoms with van der Waals surface area (Å²) in [5.74, 6) is 0. The van der Waals surface area contributed by atoms with Crippen LogP contribution in [0.3, 0.4) is 0 Å². The third-order valence-corrected chi connectivity index (χ3v) is 4.50. The van der Waals surface area contributed by atoms with E-state index in [1.165, 1.54) is 4.90 Å². The molecular weight excluding hydrogens is 220 g/mol. The Morgan fingerprint density at radius 2 is 2.19 bits per heavy atom. The molecule has 0 saturated carbocycles. The van der Waals surface area contributed by atoms with Crippen LogP contribution in [0.25, 0.3) is 0 Å². The lowest BCUT2D eigenvalue weighted by Gasteiger charge is -2.17. The van der Waals surface area contributed by atoms with Crippen molar-refractivity contribution in [2.24, 2.45) is 0 Å². The summed E-state index contributed by atoms with van der Waals surface area (Å²) in [7, 11) is 0. The molecule has 0 aromatic heterocycles. The van der Waals surface area contributed by atoms with Crippen LogP contribution in [0.15, 0.2) is 29.2 Å². The second-order valence-corrected chi connectivity index (χ2v) is 5.52. The SMILES string of the molecule is CC1OCCC1Sc1ccccc1[C@H](C)O. The van der Waals surface area contributed by atoms with Crippen LogP contribution in [0.1, 0.15) is 31.9 Å². The van der Waals surface area contributed by atoms with Gasteiger partial charge in [0.15, 0.2) is 0 Å². The molecular formula is C13H18O2S. The standard InChI is InChI=1S/C13H18O2S/c1-9(14)11-5-3-4-6-13(11)16-12-7-8-15-10(12)2/h3-6,9-10,12,14H,7-8H2,1-2H3/t9-,10?,12?/m0/s1. The first-order valence-corrected chi connectivity index (χ1v) is 6.61. The first-order chi connectivity index (χ1) is 7.68. The number of thioether (sulfide) groups is 1. The molecule has 3 atom stereocenters. The highest BCUT2D eigenvalue weighted by Gasteiger charge is 2.26. The van der Waals surface area contributed by atoms with Crippen molar-refractivity contribution in [1.82, 2.24) is 0 Å². The molecule has 1 fully saturated rings. The molecule has 2 unspecified atom stereocenters. The van der Waals surface area contributed by atoms with E-state index in [4.69, 9.17) is 4.74 Å². The predicted octanol–water partition coefficient (Wildman–Crippen LogP) is 3.01. The van der Waals surface area contributed by atoms with Gasteiger partial charge in [-0.05, 0) is 31.9 Å². The zero-order valence-corrected chi connectivity index (χ0v) is 10.5. The van der Waals surface area contributed by atoms with Gasteiger partial charge < -0.3 is 9.84 Å². The van der Waals surface area contributed by atoms with Crippen LogP contribution >= 0.6 is 11.8 Å². The Kier molecular flexibility index (Phi) is 3.90. The number of benzene rings is 1. The van der Waals surface area contributed by atoms with Crippen LogP contribution in [-0.2, 0) is 4.74 Å². The van der Waals surface area contributed by atoms with Crippen LogP contribution < -0.4 is 0 Å². The maximum Gasteiger partial charge on any atom is 0.0772 e. The lowest BCUT2D eigenvalue weighted by atomic mass is 10.1. The van der Waals surface area contributed by atoms with Gasteiger partial charge in [0, 0.05) is 16.8 Å². The van der Waals surface area contributed by atoms with Crippen molar-refractivity contribution in [1.29, 1.82) is 0 Å². The van der Waals surface area contributed by atoms with E-state index in [2.05, 4.69) is 13.0 Å². The third kappa shape index (κ3) is 2.59. The molecule has 0 aliphatic carbocycles. The molecule has 0 radical (unpaired) electrons. The monoisotopic (exact) mass is 238 g/mol. The summed E-state index contributed by atoms with van der Waals surface area (Å²) in [5.41, 5.74) is 1.02. The minimum atomic E-state index is -0.402. The van der Waals surface area contributed by atoms with Gasteiger partial charge in [0.1, 0.15) is 0 Å². The van der Waals surface area contributed by atoms with Crippen molar-refractivity contribution in [3.63, 3.8) is 0 Å². The van der Waals surface area contributed by atoms with Gasteiger partial charge >= 0.3 is 0 Å². The summed E-state index contributed by atoms with van der Waals surface area (Å²) in [4.78, 5) is 1.18. The van der Waals surface area contributed by atoms with Gasteiger partial charge in [0.2, 0.25) is 0 Å². The summed E-state index contributed by atoms with van der Waals surface area (Å²) in [6.07, 6.45) is 1.01. The Labute approximate surface area is 101 Å². The van der Waals surface area contributed by atoms with E-state index in [1.54, 1.807) is 0 Å². The quantitative estimate of drug-likeness (QED) is 0.877. The molecule has 1 heterocycles. The lowest BCUT2D eigenvalue weighted by Crippen LogP contribution is -2.13. The topological polar surface area (TPSA) is 29.5 Å². The zero-order valence-electron chi connectivity index (χ0n) is 9.72. The fourth-order valence-corrected chi connectivity index (χ4v) is 3.31. The molecule has 2 rings (SSSR count). The zero-order chi connectivity index (χ0) is 11.5. The Bertz CT molecular complexity index is 352. The largest absolute Gasteiger partial charge is 0.389 e. The first-order valence-electron chi connectivity index (χ1n) is 5.73. The van der Waals surface area contributed by atoms with Gasteiger partial charge in [-0.15, -0.1) is 11.8 Å². The van der Waals surface area contributed by atoms with Crippen molar-refractivity contribution in [3.8, 4) is 0 Å². The highest BCUT2D eigenvalue weighted by atomic mass is 32.2. The van der Waals surface area contributed by atoms with E-state index in [0.29, 0.717) is 11.4 Å². The van der Waals surface area contributed by atoms with Gasteiger partial charge in [-0.3, -0.25) is 0 Å². The molecule has 0 amide bonds. The number of hydrogen-bond donors (Lipinski definition) is 1. The average Bonchev–Trinajstić information content (AvgIpc) is 2.65. The minimum absolute atomic E-state index is 0.312. The summed E-state index contributed by atoms with van der Waals surface area (Å²) in [6.45, 7) is 4.79. The molecule has 1 aliphatic heterocycles. The van der Waals surface area contributed by atoms with Crippen LogP contribution in [0, 0.1) is 0 Å². The van der Waals surface area contributed by atoms with Crippen molar-refractivity contribution in [3.05, 3.63) is 29.8 Å². The number of aliphatic hydroxyl groups is 1. The fraction of sp³-hybridized carbons (Fsp3) is 0.538. The molecule has 0 bridgehead atoms. The summed E-state index contributed by atoms with van der Waals surface area (Å²) < 4.78 is 5.55. The molecule has 1 aromatic carbocycles. The average molecular weight is 238 g/mol. The molecule has 1 aliphatic rings. The molecule has 2 nitrogen and oxygen atoms in total. The molecule has 0 spiro atoms. The molecule has 16 heavy (non-hydrogen) atoms. The highest BCUT2D eigenvalue weighted by molar-refractivity contribution is 8.00. The second kappa shape index (κ2) is 5.21. The first kappa shape index (κ1) is 12.0. The summed E-state index contributed by atoms with van der Waals surface area (Å²) in [6, 6.07) is 8.07. The van der Waals surface area contributed by atoms with Gasteiger partial charge in [0.25, 0.3) is 0 Å². The maximum atomic E-state index is 9.70. The molecule has 3 heteroatoms. The van der Waals surface area contributed by atoms with Crippen molar-refractivity contribution >= 4 is 11.8 Å². The van der Waals surface area contributed by atoms with E-state index in [1.807, 2.05) is 36.9 Å². The van der Waals surface area contributed by atoms with E-state index in [-0.39, 0.29) is 0 Å². The normalized spacial score (nSPS) is 26.9. The van der Waals surface area contributed by atoms with Crippen LogP contribution in [0.4, 0.5) is 0 Å². The fourth-order valence-electron chi connectivity index (χ4n) is 1.96. The van der Waals surface area contributed by atoms with Gasteiger partial charge in [-0.1, -0.05) is 18.2 Å². The Balaban J connectivity index is 2.14. The number of hydrogen-bond acceptors (Lipinski definition) is 3. The van der Waals surface area contributed by atoms with Crippen LogP contribution in [-0.4, -0.2) is 23.1 Å². The van der Waals surface area contributed by atoms with E-state index in [9.17, 15) is 5.11 Å². The Morgan fingerprint density at radius 1 is 1.44 bits per heavy atom. The van der Waals surface area contributed by atoms with Crippen molar-refractivity contribution < 1.29 is 9.84 Å².